The maximum absolute atomic E-state index is 13.0. The zero-order valence-corrected chi connectivity index (χ0v) is 18.5. The molecule has 0 unspecified atom stereocenters. The van der Waals surface area contributed by atoms with Gasteiger partial charge in [0, 0.05) is 19.6 Å². The van der Waals surface area contributed by atoms with Gasteiger partial charge >= 0.3 is 0 Å². The standard InChI is InChI=1S/C26H33N3O2/c1-29(26(30)25-9-8-24(16-28-25)31-17-19-4-5-19)23-13-21-7-6-20(12-22(21)14-23)15-27-11-10-18-2-3-18/h6-9,12,16,18-19,23,27H,2-5,10-11,13-15,17H2,1H3/t23-/m1/s1. The van der Waals surface area contributed by atoms with Crippen LogP contribution in [0.1, 0.15) is 59.3 Å². The van der Waals surface area contributed by atoms with Gasteiger partial charge < -0.3 is 15.0 Å². The van der Waals surface area contributed by atoms with Crippen molar-refractivity contribution in [1.29, 1.82) is 0 Å². The lowest BCUT2D eigenvalue weighted by molar-refractivity contribution is 0.0731. The number of aromatic nitrogens is 1. The molecule has 3 aliphatic carbocycles. The number of rotatable bonds is 10. The summed E-state index contributed by atoms with van der Waals surface area (Å²) in [5.74, 6) is 2.41. The Bertz CT molecular complexity index is 919. The van der Waals surface area contributed by atoms with Gasteiger partial charge in [0.25, 0.3) is 5.91 Å². The molecule has 5 nitrogen and oxygen atoms in total. The number of hydrogen-bond acceptors (Lipinski definition) is 4. The van der Waals surface area contributed by atoms with Crippen molar-refractivity contribution in [1.82, 2.24) is 15.2 Å². The summed E-state index contributed by atoms with van der Waals surface area (Å²) in [7, 11) is 1.90. The molecule has 0 spiro atoms. The number of amides is 1. The minimum absolute atomic E-state index is 0.0199. The van der Waals surface area contributed by atoms with E-state index in [0.717, 1.165) is 44.2 Å². The van der Waals surface area contributed by atoms with E-state index < -0.39 is 0 Å². The van der Waals surface area contributed by atoms with E-state index in [1.807, 2.05) is 18.0 Å². The summed E-state index contributed by atoms with van der Waals surface area (Å²) < 4.78 is 5.74. The van der Waals surface area contributed by atoms with Crippen LogP contribution in [0, 0.1) is 11.8 Å². The molecule has 2 saturated carbocycles. The van der Waals surface area contributed by atoms with E-state index in [9.17, 15) is 4.79 Å². The van der Waals surface area contributed by atoms with Crippen LogP contribution >= 0.6 is 0 Å². The first-order valence-electron chi connectivity index (χ1n) is 11.8. The van der Waals surface area contributed by atoms with Crippen LogP contribution in [0.15, 0.2) is 36.5 Å². The van der Waals surface area contributed by atoms with Gasteiger partial charge in [-0.05, 0) is 79.3 Å². The maximum atomic E-state index is 13.0. The molecule has 5 heteroatoms. The van der Waals surface area contributed by atoms with Crippen molar-refractivity contribution in [3.63, 3.8) is 0 Å². The van der Waals surface area contributed by atoms with Crippen LogP contribution in [0.3, 0.4) is 0 Å². The van der Waals surface area contributed by atoms with Crippen LogP contribution in [-0.2, 0) is 19.4 Å². The molecule has 1 aromatic heterocycles. The van der Waals surface area contributed by atoms with E-state index in [2.05, 4.69) is 28.5 Å². The lowest BCUT2D eigenvalue weighted by Gasteiger charge is -2.24. The van der Waals surface area contributed by atoms with Crippen molar-refractivity contribution < 1.29 is 9.53 Å². The number of hydrogen-bond donors (Lipinski definition) is 1. The number of pyridine rings is 1. The third-order valence-corrected chi connectivity index (χ3v) is 6.94. The summed E-state index contributed by atoms with van der Waals surface area (Å²) in [6.07, 6.45) is 10.2. The summed E-state index contributed by atoms with van der Waals surface area (Å²) in [5, 5.41) is 3.58. The van der Waals surface area contributed by atoms with Gasteiger partial charge in [0.2, 0.25) is 0 Å². The molecule has 0 aliphatic heterocycles. The van der Waals surface area contributed by atoms with Crippen LogP contribution in [-0.4, -0.2) is 42.0 Å². The van der Waals surface area contributed by atoms with Gasteiger partial charge in [0.15, 0.2) is 0 Å². The highest BCUT2D eigenvalue weighted by molar-refractivity contribution is 5.92. The van der Waals surface area contributed by atoms with Gasteiger partial charge in [-0.15, -0.1) is 0 Å². The molecule has 31 heavy (non-hydrogen) atoms. The first-order chi connectivity index (χ1) is 15.2. The van der Waals surface area contributed by atoms with Gasteiger partial charge in [-0.25, -0.2) is 4.98 Å². The zero-order chi connectivity index (χ0) is 21.2. The molecule has 5 rings (SSSR count). The van der Waals surface area contributed by atoms with Crippen molar-refractivity contribution in [3.8, 4) is 5.75 Å². The third kappa shape index (κ3) is 5.27. The number of carbonyl (C=O) groups excluding carboxylic acids is 1. The highest BCUT2D eigenvalue weighted by atomic mass is 16.5. The molecular weight excluding hydrogens is 386 g/mol. The van der Waals surface area contributed by atoms with Crippen LogP contribution in [0.25, 0.3) is 0 Å². The number of fused-ring (bicyclic) bond motifs is 1. The van der Waals surface area contributed by atoms with E-state index in [4.69, 9.17) is 4.74 Å². The van der Waals surface area contributed by atoms with Crippen molar-refractivity contribution in [3.05, 3.63) is 58.9 Å². The molecule has 1 aromatic carbocycles. The van der Waals surface area contributed by atoms with Gasteiger partial charge in [0.05, 0.1) is 12.8 Å². The van der Waals surface area contributed by atoms with Crippen molar-refractivity contribution >= 4 is 5.91 Å². The van der Waals surface area contributed by atoms with Crippen LogP contribution < -0.4 is 10.1 Å². The first-order valence-corrected chi connectivity index (χ1v) is 11.8. The molecule has 0 saturated heterocycles. The Labute approximate surface area is 185 Å². The molecule has 1 amide bonds. The minimum atomic E-state index is -0.0199. The largest absolute Gasteiger partial charge is 0.492 e. The summed E-state index contributed by atoms with van der Waals surface area (Å²) in [5.41, 5.74) is 4.57. The van der Waals surface area contributed by atoms with Crippen LogP contribution in [0.5, 0.6) is 5.75 Å². The molecule has 3 aliphatic rings. The molecule has 164 valence electrons. The maximum Gasteiger partial charge on any atom is 0.272 e. The van der Waals surface area contributed by atoms with Crippen LogP contribution in [0.4, 0.5) is 0 Å². The molecular formula is C26H33N3O2. The normalized spacial score (nSPS) is 19.8. The predicted molar refractivity (Wildman–Crippen MR) is 121 cm³/mol. The Morgan fingerprint density at radius 1 is 1.10 bits per heavy atom. The fourth-order valence-electron chi connectivity index (χ4n) is 4.41. The van der Waals surface area contributed by atoms with Gasteiger partial charge in [0.1, 0.15) is 11.4 Å². The summed E-state index contributed by atoms with van der Waals surface area (Å²) in [6.45, 7) is 2.80. The Morgan fingerprint density at radius 2 is 1.90 bits per heavy atom. The number of nitrogens with zero attached hydrogens (tertiary/aromatic N) is 2. The highest BCUT2D eigenvalue weighted by Crippen LogP contribution is 2.32. The predicted octanol–water partition coefficient (Wildman–Crippen LogP) is 4.00. The summed E-state index contributed by atoms with van der Waals surface area (Å²) in [6, 6.07) is 10.6. The summed E-state index contributed by atoms with van der Waals surface area (Å²) >= 11 is 0. The van der Waals surface area contributed by atoms with Crippen molar-refractivity contribution in [2.75, 3.05) is 20.2 Å². The van der Waals surface area contributed by atoms with E-state index in [-0.39, 0.29) is 11.9 Å². The van der Waals surface area contributed by atoms with E-state index in [1.54, 1.807) is 12.3 Å². The molecule has 1 heterocycles. The SMILES string of the molecule is CN(C(=O)c1ccc(OCC2CC2)cn1)[C@@H]1Cc2ccc(CNCCC3CC3)cc2C1. The van der Waals surface area contributed by atoms with Gasteiger partial charge in [-0.2, -0.15) is 0 Å². The van der Waals surface area contributed by atoms with E-state index in [1.165, 1.54) is 48.8 Å². The molecule has 0 bridgehead atoms. The molecule has 2 fully saturated rings. The van der Waals surface area contributed by atoms with Crippen LogP contribution in [0.2, 0.25) is 0 Å². The van der Waals surface area contributed by atoms with Crippen molar-refractivity contribution in [2.45, 2.75) is 57.5 Å². The fourth-order valence-corrected chi connectivity index (χ4v) is 4.41. The number of carbonyl (C=O) groups is 1. The summed E-state index contributed by atoms with van der Waals surface area (Å²) in [4.78, 5) is 19.2. The smallest absolute Gasteiger partial charge is 0.272 e. The molecule has 2 aromatic rings. The Morgan fingerprint density at radius 3 is 2.65 bits per heavy atom. The zero-order valence-electron chi connectivity index (χ0n) is 18.5. The Balaban J connectivity index is 1.14. The highest BCUT2D eigenvalue weighted by Gasteiger charge is 2.29. The second-order valence-electron chi connectivity index (χ2n) is 9.62. The monoisotopic (exact) mass is 419 g/mol. The fraction of sp³-hybridized carbons (Fsp3) is 0.538. The second-order valence-corrected chi connectivity index (χ2v) is 9.62. The molecule has 1 atom stereocenters. The number of nitrogens with one attached hydrogen (secondary N) is 1. The van der Waals surface area contributed by atoms with Gasteiger partial charge in [-0.1, -0.05) is 31.0 Å². The lowest BCUT2D eigenvalue weighted by atomic mass is 10.1. The quantitative estimate of drug-likeness (QED) is 0.592. The number of benzene rings is 1. The molecule has 1 N–H and O–H groups in total. The average molecular weight is 420 g/mol. The number of likely N-dealkylation sites (N-methyl/N-ethyl adjacent to an activating group) is 1. The van der Waals surface area contributed by atoms with Gasteiger partial charge in [-0.3, -0.25) is 4.79 Å². The third-order valence-electron chi connectivity index (χ3n) is 6.94. The lowest BCUT2D eigenvalue weighted by Crippen LogP contribution is -2.38. The molecule has 0 radical (unpaired) electrons. The number of ether oxygens (including phenoxy) is 1. The minimum Gasteiger partial charge on any atom is -0.492 e. The average Bonchev–Trinajstić information content (AvgIpc) is 3.73. The first kappa shape index (κ1) is 20.5. The Kier molecular flexibility index (Phi) is 5.95. The Hall–Kier alpha value is -2.40. The van der Waals surface area contributed by atoms with Crippen molar-refractivity contribution in [2.24, 2.45) is 11.8 Å². The second kappa shape index (κ2) is 8.99. The van der Waals surface area contributed by atoms with E-state index in [0.29, 0.717) is 11.6 Å². The van der Waals surface area contributed by atoms with E-state index >= 15 is 0 Å². The topological polar surface area (TPSA) is 54.5 Å².